The zero-order valence-corrected chi connectivity index (χ0v) is 8.75. The molecule has 0 saturated heterocycles. The van der Waals surface area contributed by atoms with Gasteiger partial charge in [-0.15, -0.1) is 11.7 Å². The van der Waals surface area contributed by atoms with Crippen molar-refractivity contribution in [2.24, 2.45) is 0 Å². The van der Waals surface area contributed by atoms with Crippen LogP contribution in [-0.4, -0.2) is 38.0 Å². The van der Waals surface area contributed by atoms with Crippen LogP contribution in [0.1, 0.15) is 17.4 Å². The van der Waals surface area contributed by atoms with Crippen molar-refractivity contribution in [1.29, 1.82) is 0 Å². The van der Waals surface area contributed by atoms with Gasteiger partial charge >= 0.3 is 5.97 Å². The van der Waals surface area contributed by atoms with E-state index in [1.807, 2.05) is 0 Å². The highest BCUT2D eigenvalue weighted by molar-refractivity contribution is 5.84. The van der Waals surface area contributed by atoms with Crippen molar-refractivity contribution in [2.45, 2.75) is 19.5 Å². The Kier molecular flexibility index (Phi) is 3.76. The van der Waals surface area contributed by atoms with Crippen LogP contribution < -0.4 is 5.32 Å². The maximum absolute atomic E-state index is 11.4. The van der Waals surface area contributed by atoms with Crippen LogP contribution in [0.25, 0.3) is 0 Å². The minimum absolute atomic E-state index is 0.0710. The molecule has 7 heteroatoms. The third kappa shape index (κ3) is 3.19. The van der Waals surface area contributed by atoms with Gasteiger partial charge in [-0.25, -0.2) is 9.48 Å². The molecule has 0 aliphatic heterocycles. The molecule has 2 N–H and O–H groups in total. The first-order valence-corrected chi connectivity index (χ1v) is 4.58. The average molecular weight is 224 g/mol. The summed E-state index contributed by atoms with van der Waals surface area (Å²) in [6.07, 6.45) is 2.78. The van der Waals surface area contributed by atoms with Gasteiger partial charge in [-0.05, 0) is 6.92 Å². The molecule has 7 nitrogen and oxygen atoms in total. The number of hydrogen-bond acceptors (Lipinski definition) is 4. The van der Waals surface area contributed by atoms with Crippen molar-refractivity contribution >= 4 is 11.9 Å². The summed E-state index contributed by atoms with van der Waals surface area (Å²) in [6, 6.07) is -0.144. The Labute approximate surface area is 91.8 Å². The Bertz CT molecular complexity index is 413. The predicted octanol–water partition coefficient (Wildman–Crippen LogP) is -0.333. The van der Waals surface area contributed by atoms with Gasteiger partial charge in [0.15, 0.2) is 5.69 Å². The van der Waals surface area contributed by atoms with Crippen molar-refractivity contribution < 1.29 is 14.7 Å². The summed E-state index contributed by atoms with van der Waals surface area (Å²) in [5.41, 5.74) is -0.190. The van der Waals surface area contributed by atoms with Gasteiger partial charge < -0.3 is 10.4 Å². The summed E-state index contributed by atoms with van der Waals surface area (Å²) in [5.74, 6) is -1.46. The molecule has 0 spiro atoms. The van der Waals surface area contributed by atoms with Gasteiger partial charge in [-0.3, -0.25) is 4.79 Å². The number of aromatic nitrogens is 3. The van der Waals surface area contributed by atoms with Crippen LogP contribution in [0.3, 0.4) is 0 Å². The number of aromatic carboxylic acids is 1. The van der Waals surface area contributed by atoms with E-state index < -0.39 is 5.97 Å². The van der Waals surface area contributed by atoms with E-state index in [1.165, 1.54) is 6.20 Å². The Balaban J connectivity index is 2.56. The summed E-state index contributed by atoms with van der Waals surface area (Å²) in [7, 11) is 0. The first-order chi connectivity index (χ1) is 7.52. The number of carbonyl (C=O) groups is 2. The molecule has 0 radical (unpaired) electrons. The Hall–Kier alpha value is -2.18. The molecule has 0 saturated carbocycles. The van der Waals surface area contributed by atoms with E-state index in [-0.39, 0.29) is 24.2 Å². The van der Waals surface area contributed by atoms with Crippen LogP contribution in [0, 0.1) is 0 Å². The number of carboxylic acids is 1. The maximum Gasteiger partial charge on any atom is 0.358 e. The number of hydrogen-bond donors (Lipinski definition) is 2. The number of rotatable bonds is 5. The van der Waals surface area contributed by atoms with Gasteiger partial charge in [0.2, 0.25) is 5.91 Å². The largest absolute Gasteiger partial charge is 0.476 e. The van der Waals surface area contributed by atoms with Crippen LogP contribution in [0.4, 0.5) is 0 Å². The van der Waals surface area contributed by atoms with Gasteiger partial charge in [0.05, 0.1) is 6.20 Å². The van der Waals surface area contributed by atoms with Crippen molar-refractivity contribution in [1.82, 2.24) is 20.3 Å². The molecule has 86 valence electrons. The number of carboxylic acid groups (broad SMARTS) is 1. The van der Waals surface area contributed by atoms with E-state index in [9.17, 15) is 9.59 Å². The summed E-state index contributed by atoms with van der Waals surface area (Å²) in [6.45, 7) is 5.22. The molecule has 1 rings (SSSR count). The molecule has 1 atom stereocenters. The van der Waals surface area contributed by atoms with Gasteiger partial charge in [-0.2, -0.15) is 0 Å². The highest BCUT2D eigenvalue weighted by Gasteiger charge is 2.11. The van der Waals surface area contributed by atoms with Crippen LogP contribution in [0.2, 0.25) is 0 Å². The molecule has 1 amide bonds. The van der Waals surface area contributed by atoms with Crippen molar-refractivity contribution in [3.05, 3.63) is 24.5 Å². The zero-order valence-electron chi connectivity index (χ0n) is 8.75. The van der Waals surface area contributed by atoms with Crippen LogP contribution in [-0.2, 0) is 11.3 Å². The number of carbonyl (C=O) groups excluding carboxylic acids is 1. The third-order valence-electron chi connectivity index (χ3n) is 1.81. The molecular weight excluding hydrogens is 212 g/mol. The van der Waals surface area contributed by atoms with E-state index in [1.54, 1.807) is 13.0 Å². The second-order valence-corrected chi connectivity index (χ2v) is 3.20. The first kappa shape index (κ1) is 11.9. The molecule has 0 aliphatic carbocycles. The Morgan fingerprint density at radius 2 is 2.44 bits per heavy atom. The molecule has 0 aromatic carbocycles. The monoisotopic (exact) mass is 224 g/mol. The van der Waals surface area contributed by atoms with Gasteiger partial charge in [-0.1, -0.05) is 11.3 Å². The minimum atomic E-state index is -1.17. The normalized spacial score (nSPS) is 11.8. The number of nitrogens with one attached hydrogen (secondary N) is 1. The van der Waals surface area contributed by atoms with Gasteiger partial charge in [0.1, 0.15) is 6.54 Å². The van der Waals surface area contributed by atoms with Crippen molar-refractivity contribution in [2.75, 3.05) is 0 Å². The highest BCUT2D eigenvalue weighted by atomic mass is 16.4. The lowest BCUT2D eigenvalue weighted by Crippen LogP contribution is -2.33. The lowest BCUT2D eigenvalue weighted by atomic mass is 10.3. The SMILES string of the molecule is C=CC(C)NC(=O)Cn1cc(C(=O)O)nn1. The summed E-state index contributed by atoms with van der Waals surface area (Å²) >= 11 is 0. The molecule has 16 heavy (non-hydrogen) atoms. The fourth-order valence-corrected chi connectivity index (χ4v) is 0.979. The van der Waals surface area contributed by atoms with E-state index in [4.69, 9.17) is 5.11 Å². The molecular formula is C9H12N4O3. The molecule has 1 heterocycles. The third-order valence-corrected chi connectivity index (χ3v) is 1.81. The van der Waals surface area contributed by atoms with E-state index in [2.05, 4.69) is 22.2 Å². The molecule has 0 fully saturated rings. The molecule has 0 bridgehead atoms. The van der Waals surface area contributed by atoms with Crippen LogP contribution >= 0.6 is 0 Å². The fourth-order valence-electron chi connectivity index (χ4n) is 0.979. The first-order valence-electron chi connectivity index (χ1n) is 4.58. The highest BCUT2D eigenvalue weighted by Crippen LogP contribution is 1.93. The molecule has 1 aromatic heterocycles. The standard InChI is InChI=1S/C9H12N4O3/c1-3-6(2)10-8(14)5-13-4-7(9(15)16)11-12-13/h3-4,6H,1,5H2,2H3,(H,10,14)(H,15,16). The van der Waals surface area contributed by atoms with Crippen LogP contribution in [0.15, 0.2) is 18.9 Å². The maximum atomic E-state index is 11.4. The summed E-state index contributed by atoms with van der Waals surface area (Å²) in [4.78, 5) is 21.9. The Morgan fingerprint density at radius 1 is 1.75 bits per heavy atom. The lowest BCUT2D eigenvalue weighted by Gasteiger charge is -2.08. The van der Waals surface area contributed by atoms with E-state index in [0.29, 0.717) is 0 Å². The molecule has 0 aliphatic rings. The van der Waals surface area contributed by atoms with Gasteiger partial charge in [0, 0.05) is 6.04 Å². The summed E-state index contributed by atoms with van der Waals surface area (Å²) in [5, 5.41) is 18.1. The lowest BCUT2D eigenvalue weighted by molar-refractivity contribution is -0.122. The molecule has 1 unspecified atom stereocenters. The zero-order chi connectivity index (χ0) is 12.1. The van der Waals surface area contributed by atoms with Gasteiger partial charge in [0.25, 0.3) is 0 Å². The van der Waals surface area contributed by atoms with E-state index >= 15 is 0 Å². The summed E-state index contributed by atoms with van der Waals surface area (Å²) < 4.78 is 1.16. The minimum Gasteiger partial charge on any atom is -0.476 e. The number of nitrogens with zero attached hydrogens (tertiary/aromatic N) is 3. The smallest absolute Gasteiger partial charge is 0.358 e. The van der Waals surface area contributed by atoms with Crippen molar-refractivity contribution in [3.8, 4) is 0 Å². The van der Waals surface area contributed by atoms with E-state index in [0.717, 1.165) is 4.68 Å². The van der Waals surface area contributed by atoms with Crippen LogP contribution in [0.5, 0.6) is 0 Å². The second-order valence-electron chi connectivity index (χ2n) is 3.20. The number of amides is 1. The Morgan fingerprint density at radius 3 is 2.94 bits per heavy atom. The topological polar surface area (TPSA) is 97.1 Å². The fraction of sp³-hybridized carbons (Fsp3) is 0.333. The quantitative estimate of drug-likeness (QED) is 0.667. The van der Waals surface area contributed by atoms with Crippen molar-refractivity contribution in [3.63, 3.8) is 0 Å². The molecule has 1 aromatic rings. The second kappa shape index (κ2) is 5.06. The predicted molar refractivity (Wildman–Crippen MR) is 54.8 cm³/mol. The average Bonchev–Trinajstić information content (AvgIpc) is 2.65.